The van der Waals surface area contributed by atoms with Crippen molar-refractivity contribution in [3.8, 4) is 0 Å². The summed E-state index contributed by atoms with van der Waals surface area (Å²) in [6.07, 6.45) is 3.14. The van der Waals surface area contributed by atoms with Crippen LogP contribution in [0.15, 0.2) is 54.9 Å². The van der Waals surface area contributed by atoms with E-state index in [-0.39, 0.29) is 6.04 Å². The third-order valence-corrected chi connectivity index (χ3v) is 3.72. The Kier molecular flexibility index (Phi) is 5.27. The van der Waals surface area contributed by atoms with Crippen LogP contribution in [-0.2, 0) is 6.54 Å². The SMILES string of the molecule is CCN(Cc1ccncc1)C(C)C(O)c1ccccc1. The van der Waals surface area contributed by atoms with Gasteiger partial charge in [0, 0.05) is 25.0 Å². The van der Waals surface area contributed by atoms with E-state index in [1.54, 1.807) is 0 Å². The predicted molar refractivity (Wildman–Crippen MR) is 81.2 cm³/mol. The summed E-state index contributed by atoms with van der Waals surface area (Å²) < 4.78 is 0. The fourth-order valence-corrected chi connectivity index (χ4v) is 2.39. The first-order valence-corrected chi connectivity index (χ1v) is 7.08. The van der Waals surface area contributed by atoms with Crippen molar-refractivity contribution in [1.82, 2.24) is 9.88 Å². The molecule has 0 aliphatic heterocycles. The molecular weight excluding hydrogens is 248 g/mol. The number of aromatic nitrogens is 1. The quantitative estimate of drug-likeness (QED) is 0.876. The van der Waals surface area contributed by atoms with Crippen LogP contribution in [0.2, 0.25) is 0 Å². The number of hydrogen-bond donors (Lipinski definition) is 1. The van der Waals surface area contributed by atoms with Crippen LogP contribution < -0.4 is 0 Å². The Bertz CT molecular complexity index is 501. The van der Waals surface area contributed by atoms with E-state index in [0.29, 0.717) is 0 Å². The van der Waals surface area contributed by atoms with Crippen molar-refractivity contribution in [3.05, 3.63) is 66.0 Å². The van der Waals surface area contributed by atoms with Crippen LogP contribution in [0.5, 0.6) is 0 Å². The number of pyridine rings is 1. The molecule has 3 nitrogen and oxygen atoms in total. The number of nitrogens with zero attached hydrogens (tertiary/aromatic N) is 2. The lowest BCUT2D eigenvalue weighted by molar-refractivity contribution is 0.0563. The monoisotopic (exact) mass is 270 g/mol. The molecule has 0 saturated carbocycles. The Labute approximate surface area is 120 Å². The highest BCUT2D eigenvalue weighted by molar-refractivity contribution is 5.19. The number of likely N-dealkylation sites (N-methyl/N-ethyl adjacent to an activating group) is 1. The van der Waals surface area contributed by atoms with E-state index < -0.39 is 6.10 Å². The second-order valence-electron chi connectivity index (χ2n) is 5.01. The summed E-state index contributed by atoms with van der Waals surface area (Å²) in [6.45, 7) is 5.91. The standard InChI is InChI=1S/C17H22N2O/c1-3-19(13-15-9-11-18-12-10-15)14(2)17(20)16-7-5-4-6-8-16/h4-12,14,17,20H,3,13H2,1-2H3. The van der Waals surface area contributed by atoms with Gasteiger partial charge in [0.1, 0.15) is 0 Å². The van der Waals surface area contributed by atoms with Gasteiger partial charge in [-0.15, -0.1) is 0 Å². The maximum Gasteiger partial charge on any atom is 0.0942 e. The molecule has 1 heterocycles. The molecule has 1 N–H and O–H groups in total. The van der Waals surface area contributed by atoms with Crippen molar-refractivity contribution in [3.63, 3.8) is 0 Å². The molecule has 0 aliphatic rings. The van der Waals surface area contributed by atoms with Crippen LogP contribution in [0.3, 0.4) is 0 Å². The predicted octanol–water partition coefficient (Wildman–Crippen LogP) is 3.03. The van der Waals surface area contributed by atoms with Crippen molar-refractivity contribution in [1.29, 1.82) is 0 Å². The van der Waals surface area contributed by atoms with Gasteiger partial charge in [0.2, 0.25) is 0 Å². The van der Waals surface area contributed by atoms with Crippen LogP contribution in [0.25, 0.3) is 0 Å². The fraction of sp³-hybridized carbons (Fsp3) is 0.353. The number of hydrogen-bond acceptors (Lipinski definition) is 3. The number of benzene rings is 1. The molecular formula is C17H22N2O. The first-order chi connectivity index (χ1) is 9.72. The summed E-state index contributed by atoms with van der Waals surface area (Å²) in [4.78, 5) is 6.31. The molecule has 2 aromatic rings. The van der Waals surface area contributed by atoms with Gasteiger partial charge >= 0.3 is 0 Å². The topological polar surface area (TPSA) is 36.4 Å². The van der Waals surface area contributed by atoms with Gasteiger partial charge < -0.3 is 5.11 Å². The average molecular weight is 270 g/mol. The van der Waals surface area contributed by atoms with E-state index in [2.05, 4.69) is 23.7 Å². The fourth-order valence-electron chi connectivity index (χ4n) is 2.39. The second-order valence-corrected chi connectivity index (χ2v) is 5.01. The third-order valence-electron chi connectivity index (χ3n) is 3.72. The lowest BCUT2D eigenvalue weighted by Crippen LogP contribution is -2.37. The van der Waals surface area contributed by atoms with E-state index in [1.165, 1.54) is 5.56 Å². The van der Waals surface area contributed by atoms with Crippen molar-refractivity contribution in [2.45, 2.75) is 32.5 Å². The van der Waals surface area contributed by atoms with Gasteiger partial charge in [0.15, 0.2) is 0 Å². The molecule has 1 aromatic heterocycles. The summed E-state index contributed by atoms with van der Waals surface area (Å²) in [5.74, 6) is 0. The van der Waals surface area contributed by atoms with Crippen molar-refractivity contribution >= 4 is 0 Å². The van der Waals surface area contributed by atoms with E-state index in [1.807, 2.05) is 54.9 Å². The largest absolute Gasteiger partial charge is 0.387 e. The highest BCUT2D eigenvalue weighted by Gasteiger charge is 2.21. The zero-order chi connectivity index (χ0) is 14.4. The smallest absolute Gasteiger partial charge is 0.0942 e. The minimum Gasteiger partial charge on any atom is -0.387 e. The molecule has 0 aliphatic carbocycles. The maximum absolute atomic E-state index is 10.5. The molecule has 0 saturated heterocycles. The van der Waals surface area contributed by atoms with Crippen molar-refractivity contribution in [2.75, 3.05) is 6.54 Å². The molecule has 106 valence electrons. The molecule has 0 spiro atoms. The van der Waals surface area contributed by atoms with Crippen LogP contribution in [0.4, 0.5) is 0 Å². The van der Waals surface area contributed by atoms with Gasteiger partial charge in [-0.3, -0.25) is 9.88 Å². The Morgan fingerprint density at radius 1 is 1.10 bits per heavy atom. The maximum atomic E-state index is 10.5. The lowest BCUT2D eigenvalue weighted by Gasteiger charge is -2.31. The minimum atomic E-state index is -0.474. The van der Waals surface area contributed by atoms with Crippen molar-refractivity contribution in [2.24, 2.45) is 0 Å². The number of aliphatic hydroxyl groups is 1. The molecule has 0 fully saturated rings. The first kappa shape index (κ1) is 14.7. The zero-order valence-corrected chi connectivity index (χ0v) is 12.1. The molecule has 20 heavy (non-hydrogen) atoms. The van der Waals surface area contributed by atoms with Crippen LogP contribution >= 0.6 is 0 Å². The Morgan fingerprint density at radius 3 is 2.35 bits per heavy atom. The zero-order valence-electron chi connectivity index (χ0n) is 12.1. The van der Waals surface area contributed by atoms with Gasteiger partial charge in [-0.2, -0.15) is 0 Å². The Balaban J connectivity index is 2.07. The van der Waals surface area contributed by atoms with Crippen LogP contribution in [0, 0.1) is 0 Å². The van der Waals surface area contributed by atoms with Gasteiger partial charge in [0.25, 0.3) is 0 Å². The number of aliphatic hydroxyl groups excluding tert-OH is 1. The van der Waals surface area contributed by atoms with Gasteiger partial charge in [-0.05, 0) is 36.7 Å². The minimum absolute atomic E-state index is 0.0653. The third kappa shape index (κ3) is 3.65. The average Bonchev–Trinajstić information content (AvgIpc) is 2.53. The highest BCUT2D eigenvalue weighted by atomic mass is 16.3. The molecule has 3 heteroatoms. The molecule has 0 amide bonds. The van der Waals surface area contributed by atoms with Gasteiger partial charge in [-0.25, -0.2) is 0 Å². The van der Waals surface area contributed by atoms with Crippen LogP contribution in [0.1, 0.15) is 31.1 Å². The van der Waals surface area contributed by atoms with Crippen molar-refractivity contribution < 1.29 is 5.11 Å². The van der Waals surface area contributed by atoms with Gasteiger partial charge in [-0.1, -0.05) is 37.3 Å². The molecule has 1 aromatic carbocycles. The summed E-state index contributed by atoms with van der Waals surface area (Å²) >= 11 is 0. The van der Waals surface area contributed by atoms with Gasteiger partial charge in [0.05, 0.1) is 6.10 Å². The molecule has 2 atom stereocenters. The summed E-state index contributed by atoms with van der Waals surface area (Å²) in [5, 5.41) is 10.5. The molecule has 0 radical (unpaired) electrons. The van der Waals surface area contributed by atoms with E-state index in [0.717, 1.165) is 18.7 Å². The Morgan fingerprint density at radius 2 is 1.75 bits per heavy atom. The molecule has 2 rings (SSSR count). The highest BCUT2D eigenvalue weighted by Crippen LogP contribution is 2.21. The summed E-state index contributed by atoms with van der Waals surface area (Å²) in [5.41, 5.74) is 2.18. The first-order valence-electron chi connectivity index (χ1n) is 7.08. The number of rotatable bonds is 6. The van der Waals surface area contributed by atoms with E-state index >= 15 is 0 Å². The molecule has 0 bridgehead atoms. The summed E-state index contributed by atoms with van der Waals surface area (Å²) in [6, 6.07) is 13.9. The summed E-state index contributed by atoms with van der Waals surface area (Å²) in [7, 11) is 0. The Hall–Kier alpha value is -1.71. The second kappa shape index (κ2) is 7.17. The molecule has 2 unspecified atom stereocenters. The van der Waals surface area contributed by atoms with Crippen LogP contribution in [-0.4, -0.2) is 27.6 Å². The van der Waals surface area contributed by atoms with E-state index in [4.69, 9.17) is 0 Å². The lowest BCUT2D eigenvalue weighted by atomic mass is 10.0. The van der Waals surface area contributed by atoms with E-state index in [9.17, 15) is 5.11 Å². The normalized spacial score (nSPS) is 14.2.